The van der Waals surface area contributed by atoms with Crippen molar-refractivity contribution in [2.75, 3.05) is 39.8 Å². The first kappa shape index (κ1) is 8.48. The van der Waals surface area contributed by atoms with E-state index in [2.05, 4.69) is 22.2 Å². The van der Waals surface area contributed by atoms with Crippen molar-refractivity contribution >= 4 is 0 Å². The van der Waals surface area contributed by atoms with Gasteiger partial charge in [0.1, 0.15) is 0 Å². The molecule has 3 heteroatoms. The molecule has 0 amide bonds. The highest BCUT2D eigenvalue weighted by atomic mass is 15.4. The molecule has 2 rings (SSSR count). The average Bonchev–Trinajstić information content (AvgIpc) is 2.53. The molecule has 1 unspecified atom stereocenters. The highest BCUT2D eigenvalue weighted by molar-refractivity contribution is 4.80. The molecule has 12 heavy (non-hydrogen) atoms. The van der Waals surface area contributed by atoms with Crippen molar-refractivity contribution in [1.82, 2.24) is 15.1 Å². The van der Waals surface area contributed by atoms with E-state index in [9.17, 15) is 0 Å². The van der Waals surface area contributed by atoms with Crippen molar-refractivity contribution in [2.45, 2.75) is 19.0 Å². The Kier molecular flexibility index (Phi) is 2.63. The highest BCUT2D eigenvalue weighted by Crippen LogP contribution is 2.18. The molecule has 0 radical (unpaired) electrons. The van der Waals surface area contributed by atoms with Crippen LogP contribution < -0.4 is 5.32 Å². The van der Waals surface area contributed by atoms with Crippen LogP contribution in [-0.4, -0.2) is 55.7 Å². The van der Waals surface area contributed by atoms with Gasteiger partial charge in [-0.1, -0.05) is 0 Å². The largest absolute Gasteiger partial charge is 0.314 e. The van der Waals surface area contributed by atoms with Gasteiger partial charge in [-0.25, -0.2) is 0 Å². The monoisotopic (exact) mass is 169 g/mol. The average molecular weight is 169 g/mol. The minimum absolute atomic E-state index is 0.743. The van der Waals surface area contributed by atoms with Crippen LogP contribution in [0.4, 0.5) is 0 Å². The van der Waals surface area contributed by atoms with Crippen molar-refractivity contribution in [3.63, 3.8) is 0 Å². The lowest BCUT2D eigenvalue weighted by molar-refractivity contribution is 0.0815. The fraction of sp³-hybridized carbons (Fsp3) is 1.00. The van der Waals surface area contributed by atoms with Crippen molar-refractivity contribution in [1.29, 1.82) is 0 Å². The molecule has 0 aromatic carbocycles. The third-order valence-corrected chi connectivity index (χ3v) is 3.06. The summed E-state index contributed by atoms with van der Waals surface area (Å²) in [6.07, 6.45) is 3.49. The van der Waals surface area contributed by atoms with Crippen LogP contribution in [0.5, 0.6) is 0 Å². The second kappa shape index (κ2) is 3.73. The predicted molar refractivity (Wildman–Crippen MR) is 50.1 cm³/mol. The number of hydrogen-bond donors (Lipinski definition) is 1. The van der Waals surface area contributed by atoms with E-state index in [4.69, 9.17) is 0 Å². The molecule has 0 aromatic rings. The Hall–Kier alpha value is -0.120. The number of nitrogens with one attached hydrogen (secondary N) is 1. The van der Waals surface area contributed by atoms with Gasteiger partial charge in [0, 0.05) is 26.2 Å². The van der Waals surface area contributed by atoms with Gasteiger partial charge in [-0.2, -0.15) is 0 Å². The van der Waals surface area contributed by atoms with Gasteiger partial charge in [-0.05, 0) is 26.4 Å². The molecule has 2 aliphatic rings. The van der Waals surface area contributed by atoms with E-state index in [-0.39, 0.29) is 0 Å². The summed E-state index contributed by atoms with van der Waals surface area (Å²) in [6.45, 7) is 6.09. The summed E-state index contributed by atoms with van der Waals surface area (Å²) in [4.78, 5) is 5.11. The summed E-state index contributed by atoms with van der Waals surface area (Å²) in [5, 5.41) is 3.39. The Morgan fingerprint density at radius 3 is 2.50 bits per heavy atom. The van der Waals surface area contributed by atoms with Crippen LogP contribution in [0.15, 0.2) is 0 Å². The van der Waals surface area contributed by atoms with Gasteiger partial charge in [0.15, 0.2) is 0 Å². The Bertz CT molecular complexity index is 143. The second-order valence-electron chi connectivity index (χ2n) is 3.89. The molecule has 0 spiro atoms. The van der Waals surface area contributed by atoms with Crippen molar-refractivity contribution in [2.24, 2.45) is 0 Å². The van der Waals surface area contributed by atoms with E-state index < -0.39 is 0 Å². The van der Waals surface area contributed by atoms with Gasteiger partial charge in [-0.15, -0.1) is 0 Å². The zero-order valence-corrected chi connectivity index (χ0v) is 7.92. The third-order valence-electron chi connectivity index (χ3n) is 3.06. The van der Waals surface area contributed by atoms with Crippen molar-refractivity contribution in [3.05, 3.63) is 0 Å². The van der Waals surface area contributed by atoms with Crippen LogP contribution in [0.25, 0.3) is 0 Å². The molecule has 0 saturated carbocycles. The Labute approximate surface area is 74.7 Å². The molecule has 2 aliphatic heterocycles. The van der Waals surface area contributed by atoms with Crippen LogP contribution in [0.3, 0.4) is 0 Å². The Balaban J connectivity index is 1.89. The first-order chi connectivity index (χ1) is 5.88. The molecular formula is C9H19N3. The highest BCUT2D eigenvalue weighted by Gasteiger charge is 2.27. The molecule has 1 N–H and O–H groups in total. The van der Waals surface area contributed by atoms with E-state index in [1.807, 2.05) is 0 Å². The molecule has 70 valence electrons. The lowest BCUT2D eigenvalue weighted by atomic mass is 10.2. The summed E-state index contributed by atoms with van der Waals surface area (Å²) in [5.41, 5.74) is 0. The fourth-order valence-corrected chi connectivity index (χ4v) is 2.33. The van der Waals surface area contributed by atoms with Gasteiger partial charge >= 0.3 is 0 Å². The van der Waals surface area contributed by atoms with Crippen molar-refractivity contribution in [3.8, 4) is 0 Å². The molecule has 0 aliphatic carbocycles. The van der Waals surface area contributed by atoms with Crippen LogP contribution in [0, 0.1) is 0 Å². The molecule has 2 saturated heterocycles. The molecular weight excluding hydrogens is 150 g/mol. The summed E-state index contributed by atoms with van der Waals surface area (Å²) < 4.78 is 0. The maximum Gasteiger partial charge on any atom is 0.0621 e. The van der Waals surface area contributed by atoms with Crippen LogP contribution in [0.1, 0.15) is 12.8 Å². The molecule has 0 aromatic heterocycles. The molecule has 1 atom stereocenters. The first-order valence-electron chi connectivity index (χ1n) is 5.03. The maximum atomic E-state index is 3.39. The lowest BCUT2D eigenvalue weighted by Gasteiger charge is -2.36. The van der Waals surface area contributed by atoms with Crippen LogP contribution >= 0.6 is 0 Å². The summed E-state index contributed by atoms with van der Waals surface area (Å²) >= 11 is 0. The normalized spacial score (nSPS) is 34.2. The minimum atomic E-state index is 0.743. The van der Waals surface area contributed by atoms with Gasteiger partial charge in [-0.3, -0.25) is 9.80 Å². The van der Waals surface area contributed by atoms with Gasteiger partial charge in [0.2, 0.25) is 0 Å². The van der Waals surface area contributed by atoms with Gasteiger partial charge < -0.3 is 5.32 Å². The molecule has 0 bridgehead atoms. The van der Waals surface area contributed by atoms with Gasteiger partial charge in [0.25, 0.3) is 0 Å². The quantitative estimate of drug-likeness (QED) is 0.593. The number of likely N-dealkylation sites (tertiary alicyclic amines) is 1. The number of hydrogen-bond acceptors (Lipinski definition) is 3. The first-order valence-corrected chi connectivity index (χ1v) is 5.03. The minimum Gasteiger partial charge on any atom is -0.314 e. The lowest BCUT2D eigenvalue weighted by Crippen LogP contribution is -2.51. The SMILES string of the molecule is CN1CCCC1N1CCNCC1. The topological polar surface area (TPSA) is 18.5 Å². The Morgan fingerprint density at radius 2 is 1.92 bits per heavy atom. The van der Waals surface area contributed by atoms with E-state index in [0.717, 1.165) is 6.17 Å². The van der Waals surface area contributed by atoms with Crippen LogP contribution in [0.2, 0.25) is 0 Å². The summed E-state index contributed by atoms with van der Waals surface area (Å²) in [6, 6.07) is 0. The molecule has 2 heterocycles. The summed E-state index contributed by atoms with van der Waals surface area (Å²) in [5.74, 6) is 0. The number of rotatable bonds is 1. The number of piperazine rings is 1. The zero-order chi connectivity index (χ0) is 8.39. The standard InChI is InChI=1S/C9H19N3/c1-11-6-2-3-9(11)12-7-4-10-5-8-12/h9-10H,2-8H2,1H3. The summed E-state index contributed by atoms with van der Waals surface area (Å²) in [7, 11) is 2.25. The third kappa shape index (κ3) is 1.63. The molecule has 2 fully saturated rings. The van der Waals surface area contributed by atoms with E-state index in [0.29, 0.717) is 0 Å². The van der Waals surface area contributed by atoms with Crippen LogP contribution in [-0.2, 0) is 0 Å². The van der Waals surface area contributed by atoms with Crippen molar-refractivity contribution < 1.29 is 0 Å². The molecule has 3 nitrogen and oxygen atoms in total. The number of nitrogens with zero attached hydrogens (tertiary/aromatic N) is 2. The fourth-order valence-electron chi connectivity index (χ4n) is 2.33. The maximum absolute atomic E-state index is 3.39. The smallest absolute Gasteiger partial charge is 0.0621 e. The van der Waals surface area contributed by atoms with E-state index >= 15 is 0 Å². The predicted octanol–water partition coefficient (Wildman–Crippen LogP) is -0.0567. The zero-order valence-electron chi connectivity index (χ0n) is 7.92. The Morgan fingerprint density at radius 1 is 1.17 bits per heavy atom. The second-order valence-corrected chi connectivity index (χ2v) is 3.89. The van der Waals surface area contributed by atoms with Gasteiger partial charge in [0.05, 0.1) is 6.17 Å². The van der Waals surface area contributed by atoms with E-state index in [1.54, 1.807) is 0 Å². The van der Waals surface area contributed by atoms with E-state index in [1.165, 1.54) is 45.6 Å².